The van der Waals surface area contributed by atoms with Gasteiger partial charge in [0.1, 0.15) is 0 Å². The van der Waals surface area contributed by atoms with Crippen molar-refractivity contribution < 1.29 is 0 Å². The summed E-state index contributed by atoms with van der Waals surface area (Å²) in [6.45, 7) is 2.20. The van der Waals surface area contributed by atoms with Crippen molar-refractivity contribution in [2.75, 3.05) is 7.05 Å². The van der Waals surface area contributed by atoms with Crippen LogP contribution in [0.5, 0.6) is 0 Å². The third kappa shape index (κ3) is 2.23. The lowest BCUT2D eigenvalue weighted by Crippen LogP contribution is -2.29. The van der Waals surface area contributed by atoms with Gasteiger partial charge in [0, 0.05) is 6.04 Å². The summed E-state index contributed by atoms with van der Waals surface area (Å²) in [4.78, 5) is 0. The molecule has 1 aliphatic carbocycles. The van der Waals surface area contributed by atoms with Crippen LogP contribution in [0.3, 0.4) is 0 Å². The second-order valence-corrected chi connectivity index (χ2v) is 4.55. The molecule has 1 fully saturated rings. The van der Waals surface area contributed by atoms with Crippen LogP contribution in [-0.2, 0) is 6.42 Å². The van der Waals surface area contributed by atoms with Crippen molar-refractivity contribution in [2.24, 2.45) is 5.92 Å². The Labute approximate surface area is 92.9 Å². The van der Waals surface area contributed by atoms with E-state index in [9.17, 15) is 0 Å². The first-order valence-corrected chi connectivity index (χ1v) is 6.11. The molecule has 1 atom stereocenters. The Balaban J connectivity index is 2.11. The molecule has 0 saturated heterocycles. The molecule has 1 heteroatoms. The monoisotopic (exact) mass is 203 g/mol. The highest BCUT2D eigenvalue weighted by Gasteiger charge is 2.26. The van der Waals surface area contributed by atoms with Gasteiger partial charge >= 0.3 is 0 Å². The third-order valence-electron chi connectivity index (χ3n) is 3.68. The quantitative estimate of drug-likeness (QED) is 0.791. The zero-order valence-corrected chi connectivity index (χ0v) is 9.79. The Morgan fingerprint density at radius 3 is 2.33 bits per heavy atom. The molecular formula is C14H21N. The van der Waals surface area contributed by atoms with Gasteiger partial charge in [-0.3, -0.25) is 0 Å². The van der Waals surface area contributed by atoms with Gasteiger partial charge in [-0.1, -0.05) is 37.6 Å². The van der Waals surface area contributed by atoms with E-state index in [1.165, 1.54) is 30.4 Å². The lowest BCUT2D eigenvalue weighted by atomic mass is 9.77. The SMILES string of the molecule is CCc1ccc(C(NC)C2CCC2)cc1. The van der Waals surface area contributed by atoms with Gasteiger partial charge in [0.05, 0.1) is 0 Å². The second-order valence-electron chi connectivity index (χ2n) is 4.55. The van der Waals surface area contributed by atoms with Gasteiger partial charge < -0.3 is 5.32 Å². The number of benzene rings is 1. The van der Waals surface area contributed by atoms with Gasteiger partial charge in [0.25, 0.3) is 0 Å². The number of hydrogen-bond acceptors (Lipinski definition) is 1. The molecule has 1 nitrogen and oxygen atoms in total. The fourth-order valence-electron chi connectivity index (χ4n) is 2.41. The molecule has 1 N–H and O–H groups in total. The Bertz CT molecular complexity index is 298. The summed E-state index contributed by atoms with van der Waals surface area (Å²) in [6, 6.07) is 9.68. The number of rotatable bonds is 4. The van der Waals surface area contributed by atoms with Crippen LogP contribution in [0.2, 0.25) is 0 Å². The maximum atomic E-state index is 3.46. The molecule has 15 heavy (non-hydrogen) atoms. The van der Waals surface area contributed by atoms with Crippen molar-refractivity contribution in [3.05, 3.63) is 35.4 Å². The molecule has 0 amide bonds. The minimum absolute atomic E-state index is 0.574. The van der Waals surface area contributed by atoms with Gasteiger partial charge in [-0.05, 0) is 43.4 Å². The molecule has 1 saturated carbocycles. The summed E-state index contributed by atoms with van der Waals surface area (Å²) < 4.78 is 0. The number of nitrogens with one attached hydrogen (secondary N) is 1. The maximum Gasteiger partial charge on any atom is 0.0346 e. The molecule has 0 aliphatic heterocycles. The van der Waals surface area contributed by atoms with E-state index in [1.807, 2.05) is 0 Å². The molecule has 0 aromatic heterocycles. The van der Waals surface area contributed by atoms with Crippen molar-refractivity contribution in [1.29, 1.82) is 0 Å². The number of aryl methyl sites for hydroxylation is 1. The highest BCUT2D eigenvalue weighted by atomic mass is 14.9. The van der Waals surface area contributed by atoms with Crippen LogP contribution in [0, 0.1) is 5.92 Å². The Morgan fingerprint density at radius 2 is 1.93 bits per heavy atom. The van der Waals surface area contributed by atoms with Gasteiger partial charge in [-0.25, -0.2) is 0 Å². The average Bonchev–Trinajstić information content (AvgIpc) is 2.23. The molecule has 0 bridgehead atoms. The van der Waals surface area contributed by atoms with Crippen molar-refractivity contribution in [3.8, 4) is 0 Å². The van der Waals surface area contributed by atoms with Gasteiger partial charge in [0.2, 0.25) is 0 Å². The molecule has 2 rings (SSSR count). The first kappa shape index (κ1) is 10.7. The molecule has 1 aromatic carbocycles. The summed E-state index contributed by atoms with van der Waals surface area (Å²) >= 11 is 0. The first-order valence-electron chi connectivity index (χ1n) is 6.11. The predicted molar refractivity (Wildman–Crippen MR) is 65.0 cm³/mol. The van der Waals surface area contributed by atoms with Crippen LogP contribution in [-0.4, -0.2) is 7.05 Å². The van der Waals surface area contributed by atoms with Crippen molar-refractivity contribution in [3.63, 3.8) is 0 Å². The van der Waals surface area contributed by atoms with E-state index in [0.717, 1.165) is 12.3 Å². The van der Waals surface area contributed by atoms with Crippen molar-refractivity contribution >= 4 is 0 Å². The second kappa shape index (κ2) is 4.80. The summed E-state index contributed by atoms with van der Waals surface area (Å²) in [5.41, 5.74) is 2.89. The summed E-state index contributed by atoms with van der Waals surface area (Å²) in [5, 5.41) is 3.46. The van der Waals surface area contributed by atoms with Crippen molar-refractivity contribution in [1.82, 2.24) is 5.32 Å². The van der Waals surface area contributed by atoms with E-state index in [-0.39, 0.29) is 0 Å². The van der Waals surface area contributed by atoms with E-state index in [0.29, 0.717) is 6.04 Å². The molecule has 1 aromatic rings. The van der Waals surface area contributed by atoms with Crippen LogP contribution in [0.25, 0.3) is 0 Å². The zero-order chi connectivity index (χ0) is 10.7. The lowest BCUT2D eigenvalue weighted by molar-refractivity contribution is 0.239. The van der Waals surface area contributed by atoms with Crippen LogP contribution in [0.15, 0.2) is 24.3 Å². The lowest BCUT2D eigenvalue weighted by Gasteiger charge is -2.34. The first-order chi connectivity index (χ1) is 7.35. The van der Waals surface area contributed by atoms with Crippen LogP contribution < -0.4 is 5.32 Å². The third-order valence-corrected chi connectivity index (χ3v) is 3.68. The minimum atomic E-state index is 0.574. The summed E-state index contributed by atoms with van der Waals surface area (Å²) in [6.07, 6.45) is 5.33. The van der Waals surface area contributed by atoms with E-state index in [2.05, 4.69) is 43.6 Å². The van der Waals surface area contributed by atoms with Gasteiger partial charge in [-0.15, -0.1) is 0 Å². The molecule has 0 heterocycles. The Hall–Kier alpha value is -0.820. The van der Waals surface area contributed by atoms with Gasteiger partial charge in [-0.2, -0.15) is 0 Å². The number of hydrogen-bond donors (Lipinski definition) is 1. The van der Waals surface area contributed by atoms with E-state index in [1.54, 1.807) is 0 Å². The van der Waals surface area contributed by atoms with Crippen LogP contribution in [0.4, 0.5) is 0 Å². The summed E-state index contributed by atoms with van der Waals surface area (Å²) in [7, 11) is 2.08. The maximum absolute atomic E-state index is 3.46. The molecular weight excluding hydrogens is 182 g/mol. The van der Waals surface area contributed by atoms with Crippen LogP contribution >= 0.6 is 0 Å². The van der Waals surface area contributed by atoms with Gasteiger partial charge in [0.15, 0.2) is 0 Å². The van der Waals surface area contributed by atoms with Crippen molar-refractivity contribution in [2.45, 2.75) is 38.6 Å². The smallest absolute Gasteiger partial charge is 0.0346 e. The summed E-state index contributed by atoms with van der Waals surface area (Å²) in [5.74, 6) is 0.863. The minimum Gasteiger partial charge on any atom is -0.313 e. The normalized spacial score (nSPS) is 18.5. The average molecular weight is 203 g/mol. The molecule has 0 spiro atoms. The van der Waals surface area contributed by atoms with E-state index < -0.39 is 0 Å². The molecule has 1 aliphatic rings. The highest BCUT2D eigenvalue weighted by molar-refractivity contribution is 5.25. The molecule has 0 radical (unpaired) electrons. The van der Waals surface area contributed by atoms with E-state index >= 15 is 0 Å². The Kier molecular flexibility index (Phi) is 3.42. The largest absolute Gasteiger partial charge is 0.313 e. The topological polar surface area (TPSA) is 12.0 Å². The fourth-order valence-corrected chi connectivity index (χ4v) is 2.41. The standard InChI is InChI=1S/C14H21N/c1-3-11-7-9-13(10-8-11)14(15-2)12-5-4-6-12/h7-10,12,14-15H,3-6H2,1-2H3. The fraction of sp³-hybridized carbons (Fsp3) is 0.571. The molecule has 82 valence electrons. The predicted octanol–water partition coefficient (Wildman–Crippen LogP) is 3.31. The highest BCUT2D eigenvalue weighted by Crippen LogP contribution is 2.37. The zero-order valence-electron chi connectivity index (χ0n) is 9.79. The van der Waals surface area contributed by atoms with E-state index in [4.69, 9.17) is 0 Å². The Morgan fingerprint density at radius 1 is 1.27 bits per heavy atom. The molecule has 1 unspecified atom stereocenters. The van der Waals surface area contributed by atoms with Crippen LogP contribution in [0.1, 0.15) is 43.4 Å².